The van der Waals surface area contributed by atoms with Crippen molar-refractivity contribution in [3.63, 3.8) is 0 Å². The number of hydrogen-bond acceptors (Lipinski definition) is 2. The van der Waals surface area contributed by atoms with Crippen LogP contribution in [0.2, 0.25) is 5.02 Å². The minimum absolute atomic E-state index is 0.0776. The van der Waals surface area contributed by atoms with Crippen LogP contribution in [0.5, 0.6) is 0 Å². The lowest BCUT2D eigenvalue weighted by Gasteiger charge is -2.06. The standard InChI is InChI=1S/C12H16BrClN2O/c1-2-16-12(17)5-6-15-8-9-3-4-10(13)11(14)7-9/h3-4,7,15H,2,5-6,8H2,1H3,(H,16,17). The molecule has 94 valence electrons. The predicted molar refractivity (Wildman–Crippen MR) is 74.2 cm³/mol. The van der Waals surface area contributed by atoms with Crippen molar-refractivity contribution in [1.82, 2.24) is 10.6 Å². The molecule has 0 spiro atoms. The van der Waals surface area contributed by atoms with Crippen molar-refractivity contribution < 1.29 is 4.79 Å². The molecule has 0 aliphatic carbocycles. The number of benzene rings is 1. The molecule has 0 radical (unpaired) electrons. The molecule has 0 aromatic heterocycles. The molecule has 0 aliphatic heterocycles. The van der Waals surface area contributed by atoms with Crippen molar-refractivity contribution in [2.24, 2.45) is 0 Å². The highest BCUT2D eigenvalue weighted by molar-refractivity contribution is 9.10. The van der Waals surface area contributed by atoms with E-state index in [0.717, 1.165) is 10.0 Å². The molecule has 2 N–H and O–H groups in total. The van der Waals surface area contributed by atoms with E-state index in [1.165, 1.54) is 0 Å². The normalized spacial score (nSPS) is 10.3. The maximum Gasteiger partial charge on any atom is 0.221 e. The second-order valence-corrected chi connectivity index (χ2v) is 4.89. The molecule has 0 saturated carbocycles. The number of carbonyl (C=O) groups is 1. The van der Waals surface area contributed by atoms with Crippen molar-refractivity contribution in [2.75, 3.05) is 13.1 Å². The highest BCUT2D eigenvalue weighted by Gasteiger charge is 2.00. The summed E-state index contributed by atoms with van der Waals surface area (Å²) in [5.74, 6) is 0.0776. The van der Waals surface area contributed by atoms with Gasteiger partial charge in [-0.1, -0.05) is 17.7 Å². The maximum atomic E-state index is 11.2. The molecule has 1 aromatic rings. The zero-order valence-corrected chi connectivity index (χ0v) is 12.1. The Morgan fingerprint density at radius 1 is 1.47 bits per heavy atom. The highest BCUT2D eigenvalue weighted by Crippen LogP contribution is 2.22. The van der Waals surface area contributed by atoms with Crippen LogP contribution in [0.3, 0.4) is 0 Å². The molecule has 1 amide bonds. The van der Waals surface area contributed by atoms with E-state index in [-0.39, 0.29) is 5.91 Å². The number of hydrogen-bond donors (Lipinski definition) is 2. The van der Waals surface area contributed by atoms with Crippen LogP contribution in [0.25, 0.3) is 0 Å². The molecular formula is C12H16BrClN2O. The maximum absolute atomic E-state index is 11.2. The lowest BCUT2D eigenvalue weighted by atomic mass is 10.2. The van der Waals surface area contributed by atoms with Gasteiger partial charge < -0.3 is 10.6 Å². The minimum atomic E-state index is 0.0776. The van der Waals surface area contributed by atoms with Gasteiger partial charge in [-0.05, 0) is 40.5 Å². The molecule has 0 aliphatic rings. The third-order valence-corrected chi connectivity index (χ3v) is 3.45. The Hall–Kier alpha value is -0.580. The Bertz CT molecular complexity index is 385. The van der Waals surface area contributed by atoms with Crippen LogP contribution in [0, 0.1) is 0 Å². The molecule has 3 nitrogen and oxygen atoms in total. The largest absolute Gasteiger partial charge is 0.356 e. The summed E-state index contributed by atoms with van der Waals surface area (Å²) in [6.07, 6.45) is 0.498. The Morgan fingerprint density at radius 3 is 2.88 bits per heavy atom. The van der Waals surface area contributed by atoms with E-state index in [9.17, 15) is 4.79 Å². The van der Waals surface area contributed by atoms with E-state index in [2.05, 4.69) is 26.6 Å². The van der Waals surface area contributed by atoms with Crippen LogP contribution in [0.1, 0.15) is 18.9 Å². The summed E-state index contributed by atoms with van der Waals surface area (Å²) in [6, 6.07) is 5.82. The molecule has 0 atom stereocenters. The van der Waals surface area contributed by atoms with Gasteiger partial charge in [-0.15, -0.1) is 0 Å². The van der Waals surface area contributed by atoms with E-state index in [4.69, 9.17) is 11.6 Å². The van der Waals surface area contributed by atoms with E-state index < -0.39 is 0 Å². The quantitative estimate of drug-likeness (QED) is 0.792. The Kier molecular flexibility index (Phi) is 6.55. The monoisotopic (exact) mass is 318 g/mol. The number of rotatable bonds is 6. The predicted octanol–water partition coefficient (Wildman–Crippen LogP) is 2.72. The van der Waals surface area contributed by atoms with Gasteiger partial charge in [-0.3, -0.25) is 4.79 Å². The van der Waals surface area contributed by atoms with Gasteiger partial charge in [0.15, 0.2) is 0 Å². The molecule has 5 heteroatoms. The fourth-order valence-corrected chi connectivity index (χ4v) is 1.82. The first kappa shape index (κ1) is 14.5. The van der Waals surface area contributed by atoms with E-state index >= 15 is 0 Å². The molecule has 17 heavy (non-hydrogen) atoms. The van der Waals surface area contributed by atoms with Gasteiger partial charge in [0.2, 0.25) is 5.91 Å². The molecule has 0 saturated heterocycles. The van der Waals surface area contributed by atoms with E-state index in [1.54, 1.807) is 0 Å². The van der Waals surface area contributed by atoms with Crippen LogP contribution < -0.4 is 10.6 Å². The number of carbonyl (C=O) groups excluding carboxylic acids is 1. The second-order valence-electron chi connectivity index (χ2n) is 3.63. The van der Waals surface area contributed by atoms with Crippen LogP contribution in [0.4, 0.5) is 0 Å². The molecule has 0 fully saturated rings. The van der Waals surface area contributed by atoms with Crippen molar-refractivity contribution in [3.05, 3.63) is 33.3 Å². The van der Waals surface area contributed by atoms with Gasteiger partial charge in [-0.25, -0.2) is 0 Å². The molecule has 1 rings (SSSR count). The van der Waals surface area contributed by atoms with Crippen LogP contribution in [0.15, 0.2) is 22.7 Å². The van der Waals surface area contributed by atoms with Crippen LogP contribution >= 0.6 is 27.5 Å². The molecule has 1 aromatic carbocycles. The van der Waals surface area contributed by atoms with Crippen molar-refractivity contribution >= 4 is 33.4 Å². The zero-order valence-electron chi connectivity index (χ0n) is 9.72. The third kappa shape index (κ3) is 5.52. The summed E-state index contributed by atoms with van der Waals surface area (Å²) in [5.41, 5.74) is 1.11. The summed E-state index contributed by atoms with van der Waals surface area (Å²) in [4.78, 5) is 11.2. The summed E-state index contributed by atoms with van der Waals surface area (Å²) < 4.78 is 0.894. The smallest absolute Gasteiger partial charge is 0.221 e. The number of nitrogens with one attached hydrogen (secondary N) is 2. The van der Waals surface area contributed by atoms with Gasteiger partial charge >= 0.3 is 0 Å². The van der Waals surface area contributed by atoms with Crippen LogP contribution in [-0.4, -0.2) is 19.0 Å². The fourth-order valence-electron chi connectivity index (χ4n) is 1.37. The van der Waals surface area contributed by atoms with E-state index in [1.807, 2.05) is 25.1 Å². The SMILES string of the molecule is CCNC(=O)CCNCc1ccc(Br)c(Cl)c1. The van der Waals surface area contributed by atoms with E-state index in [0.29, 0.717) is 31.1 Å². The van der Waals surface area contributed by atoms with Gasteiger partial charge in [0.25, 0.3) is 0 Å². The first-order valence-corrected chi connectivity index (χ1v) is 6.72. The summed E-state index contributed by atoms with van der Waals surface area (Å²) in [7, 11) is 0. The van der Waals surface area contributed by atoms with Gasteiger partial charge in [0.1, 0.15) is 0 Å². The second kappa shape index (κ2) is 7.69. The average molecular weight is 320 g/mol. The van der Waals surface area contributed by atoms with Gasteiger partial charge in [0, 0.05) is 30.5 Å². The average Bonchev–Trinajstić information content (AvgIpc) is 2.29. The Balaban J connectivity index is 2.26. The Morgan fingerprint density at radius 2 is 2.24 bits per heavy atom. The van der Waals surface area contributed by atoms with Gasteiger partial charge in [-0.2, -0.15) is 0 Å². The first-order valence-electron chi connectivity index (χ1n) is 5.54. The number of halogens is 2. The topological polar surface area (TPSA) is 41.1 Å². The zero-order chi connectivity index (χ0) is 12.7. The summed E-state index contributed by atoms with van der Waals surface area (Å²) in [6.45, 7) is 3.97. The lowest BCUT2D eigenvalue weighted by Crippen LogP contribution is -2.27. The molecule has 0 unspecified atom stereocenters. The number of amides is 1. The Labute approximate surface area is 115 Å². The van der Waals surface area contributed by atoms with Gasteiger partial charge in [0.05, 0.1) is 5.02 Å². The highest BCUT2D eigenvalue weighted by atomic mass is 79.9. The molecule has 0 bridgehead atoms. The van der Waals surface area contributed by atoms with Crippen molar-refractivity contribution in [3.8, 4) is 0 Å². The molecule has 0 heterocycles. The van der Waals surface area contributed by atoms with Crippen molar-refractivity contribution in [2.45, 2.75) is 19.9 Å². The third-order valence-electron chi connectivity index (χ3n) is 2.22. The van der Waals surface area contributed by atoms with Crippen LogP contribution in [-0.2, 0) is 11.3 Å². The fraction of sp³-hybridized carbons (Fsp3) is 0.417. The molecular weight excluding hydrogens is 304 g/mol. The summed E-state index contributed by atoms with van der Waals surface area (Å²) in [5, 5.41) is 6.66. The summed E-state index contributed by atoms with van der Waals surface area (Å²) >= 11 is 9.32. The van der Waals surface area contributed by atoms with Crippen molar-refractivity contribution in [1.29, 1.82) is 0 Å². The lowest BCUT2D eigenvalue weighted by molar-refractivity contribution is -0.120. The first-order chi connectivity index (χ1) is 8.13. The minimum Gasteiger partial charge on any atom is -0.356 e.